The fourth-order valence-corrected chi connectivity index (χ4v) is 4.94. The van der Waals surface area contributed by atoms with Gasteiger partial charge >= 0.3 is 5.97 Å². The molecule has 0 bridgehead atoms. The zero-order chi connectivity index (χ0) is 33.9. The van der Waals surface area contributed by atoms with Crippen LogP contribution in [0.15, 0.2) is 106 Å². The molecule has 2 amide bonds. The molecule has 0 aliphatic rings. The van der Waals surface area contributed by atoms with E-state index in [4.69, 9.17) is 16.3 Å². The standard InChI is InChI=1S/C34H29BrClN5O6/c1-3-40(4-2)26-14-9-22(10-15-26)19-30(38-32(42)28-7-5-6-8-29(28)36)33(43)39-37-21-24-20-25(35)13-18-31(24)47-34(44)23-11-16-27(17-12-23)41(45)46/h5-21H,3-4H2,1-2H3,(H,38,42)(H,39,43)/b30-19+,37-21-. The smallest absolute Gasteiger partial charge is 0.343 e. The molecule has 0 spiro atoms. The molecule has 0 radical (unpaired) electrons. The molecule has 4 aromatic carbocycles. The number of amides is 2. The zero-order valence-corrected chi connectivity index (χ0v) is 27.6. The number of nitro benzene ring substituents is 1. The van der Waals surface area contributed by atoms with Crippen LogP contribution in [0.5, 0.6) is 5.75 Å². The molecule has 0 atom stereocenters. The van der Waals surface area contributed by atoms with Crippen molar-refractivity contribution in [3.63, 3.8) is 0 Å². The fourth-order valence-electron chi connectivity index (χ4n) is 4.34. The molecule has 0 heterocycles. The zero-order valence-electron chi connectivity index (χ0n) is 25.3. The summed E-state index contributed by atoms with van der Waals surface area (Å²) in [5.74, 6) is -1.95. The van der Waals surface area contributed by atoms with Crippen LogP contribution in [0.25, 0.3) is 6.08 Å². The Hall–Kier alpha value is -5.33. The molecule has 0 aliphatic carbocycles. The van der Waals surface area contributed by atoms with Crippen LogP contribution in [0.2, 0.25) is 5.02 Å². The molecule has 4 aromatic rings. The van der Waals surface area contributed by atoms with Crippen molar-refractivity contribution in [1.29, 1.82) is 0 Å². The fraction of sp³-hybridized carbons (Fsp3) is 0.118. The average molecular weight is 719 g/mol. The van der Waals surface area contributed by atoms with E-state index in [0.29, 0.717) is 15.6 Å². The number of nitrogens with one attached hydrogen (secondary N) is 2. The lowest BCUT2D eigenvalue weighted by atomic mass is 10.1. The molecule has 240 valence electrons. The van der Waals surface area contributed by atoms with Gasteiger partial charge in [0.25, 0.3) is 17.5 Å². The molecule has 0 aromatic heterocycles. The Labute approximate surface area is 284 Å². The van der Waals surface area contributed by atoms with Crippen LogP contribution in [0.4, 0.5) is 11.4 Å². The van der Waals surface area contributed by atoms with Gasteiger partial charge in [-0.2, -0.15) is 5.10 Å². The number of esters is 1. The Balaban J connectivity index is 1.56. The summed E-state index contributed by atoms with van der Waals surface area (Å²) in [5, 5.41) is 17.8. The Morgan fingerprint density at radius 1 is 0.979 bits per heavy atom. The van der Waals surface area contributed by atoms with E-state index in [2.05, 4.69) is 50.5 Å². The number of anilines is 1. The number of nitrogens with zero attached hydrogens (tertiary/aromatic N) is 3. The predicted molar refractivity (Wildman–Crippen MR) is 185 cm³/mol. The molecule has 0 aliphatic heterocycles. The predicted octanol–water partition coefficient (Wildman–Crippen LogP) is 7.00. The summed E-state index contributed by atoms with van der Waals surface area (Å²) < 4.78 is 6.15. The van der Waals surface area contributed by atoms with Crippen LogP contribution in [-0.2, 0) is 4.79 Å². The number of rotatable bonds is 12. The van der Waals surface area contributed by atoms with Crippen LogP contribution >= 0.6 is 27.5 Å². The van der Waals surface area contributed by atoms with E-state index < -0.39 is 22.7 Å². The van der Waals surface area contributed by atoms with Gasteiger partial charge < -0.3 is 15.0 Å². The highest BCUT2D eigenvalue weighted by molar-refractivity contribution is 9.10. The number of hydrazone groups is 1. The highest BCUT2D eigenvalue weighted by Crippen LogP contribution is 2.24. The highest BCUT2D eigenvalue weighted by atomic mass is 79.9. The lowest BCUT2D eigenvalue weighted by Crippen LogP contribution is -2.33. The minimum Gasteiger partial charge on any atom is -0.422 e. The number of carbonyl (C=O) groups is 3. The Bertz CT molecular complexity index is 1840. The summed E-state index contributed by atoms with van der Waals surface area (Å²) in [5.41, 5.74) is 4.43. The van der Waals surface area contributed by atoms with Gasteiger partial charge in [-0.25, -0.2) is 10.2 Å². The van der Waals surface area contributed by atoms with Crippen LogP contribution in [0.3, 0.4) is 0 Å². The molecule has 13 heteroatoms. The summed E-state index contributed by atoms with van der Waals surface area (Å²) in [4.78, 5) is 51.7. The summed E-state index contributed by atoms with van der Waals surface area (Å²) in [7, 11) is 0. The molecule has 47 heavy (non-hydrogen) atoms. The van der Waals surface area contributed by atoms with E-state index in [0.717, 1.165) is 18.8 Å². The van der Waals surface area contributed by atoms with Gasteiger partial charge in [0.1, 0.15) is 11.4 Å². The second-order valence-corrected chi connectivity index (χ2v) is 11.2. The Morgan fingerprint density at radius 3 is 2.30 bits per heavy atom. The summed E-state index contributed by atoms with van der Waals surface area (Å²) in [6.07, 6.45) is 2.79. The number of hydrogen-bond acceptors (Lipinski definition) is 8. The molecule has 0 saturated carbocycles. The third kappa shape index (κ3) is 9.35. The first-order valence-corrected chi connectivity index (χ1v) is 15.5. The number of nitro groups is 1. The third-order valence-corrected chi connectivity index (χ3v) is 7.62. The number of carbonyl (C=O) groups excluding carboxylic acids is 3. The number of halogens is 2. The van der Waals surface area contributed by atoms with Crippen LogP contribution < -0.4 is 20.4 Å². The Morgan fingerprint density at radius 2 is 1.66 bits per heavy atom. The maximum absolute atomic E-state index is 13.4. The molecular weight excluding hydrogens is 690 g/mol. The maximum atomic E-state index is 13.4. The van der Waals surface area contributed by atoms with Crippen molar-refractivity contribution in [2.24, 2.45) is 5.10 Å². The van der Waals surface area contributed by atoms with E-state index in [9.17, 15) is 24.5 Å². The van der Waals surface area contributed by atoms with Crippen molar-refractivity contribution in [2.45, 2.75) is 13.8 Å². The topological polar surface area (TPSA) is 143 Å². The number of non-ortho nitro benzene ring substituents is 1. The second-order valence-electron chi connectivity index (χ2n) is 9.83. The van der Waals surface area contributed by atoms with Crippen molar-refractivity contribution in [2.75, 3.05) is 18.0 Å². The Kier molecular flexibility index (Phi) is 12.0. The lowest BCUT2D eigenvalue weighted by Gasteiger charge is -2.21. The van der Waals surface area contributed by atoms with Gasteiger partial charge in [-0.15, -0.1) is 0 Å². The van der Waals surface area contributed by atoms with E-state index in [-0.39, 0.29) is 33.3 Å². The van der Waals surface area contributed by atoms with Crippen LogP contribution in [-0.4, -0.2) is 42.0 Å². The summed E-state index contributed by atoms with van der Waals surface area (Å²) >= 11 is 9.58. The van der Waals surface area contributed by atoms with E-state index in [1.807, 2.05) is 24.3 Å². The molecular formula is C34H29BrClN5O6. The molecule has 2 N–H and O–H groups in total. The van der Waals surface area contributed by atoms with Crippen LogP contribution in [0, 0.1) is 10.1 Å². The number of hydrogen-bond donors (Lipinski definition) is 2. The number of benzene rings is 4. The summed E-state index contributed by atoms with van der Waals surface area (Å²) in [6, 6.07) is 23.7. The summed E-state index contributed by atoms with van der Waals surface area (Å²) in [6.45, 7) is 5.79. The highest BCUT2D eigenvalue weighted by Gasteiger charge is 2.17. The second kappa shape index (κ2) is 16.3. The maximum Gasteiger partial charge on any atom is 0.343 e. The first kappa shape index (κ1) is 34.5. The van der Waals surface area contributed by atoms with Crippen molar-refractivity contribution < 1.29 is 24.0 Å². The van der Waals surface area contributed by atoms with Crippen molar-refractivity contribution in [3.05, 3.63) is 139 Å². The molecule has 4 rings (SSSR count). The first-order valence-electron chi connectivity index (χ1n) is 14.3. The minimum atomic E-state index is -0.750. The SMILES string of the molecule is CCN(CC)c1ccc(/C=C(/NC(=O)c2ccccc2Cl)C(=O)N/N=C\c2cc(Br)ccc2OC(=O)c2ccc([N+](=O)[O-])cc2)cc1. The quantitative estimate of drug-likeness (QED) is 0.0401. The largest absolute Gasteiger partial charge is 0.422 e. The van der Waals surface area contributed by atoms with Crippen molar-refractivity contribution in [3.8, 4) is 5.75 Å². The van der Waals surface area contributed by atoms with Crippen LogP contribution in [0.1, 0.15) is 45.7 Å². The van der Waals surface area contributed by atoms with Gasteiger partial charge in [0.15, 0.2) is 0 Å². The van der Waals surface area contributed by atoms with Gasteiger partial charge in [-0.3, -0.25) is 19.7 Å². The van der Waals surface area contributed by atoms with Gasteiger partial charge in [-0.1, -0.05) is 51.8 Å². The van der Waals surface area contributed by atoms with E-state index >= 15 is 0 Å². The monoisotopic (exact) mass is 717 g/mol. The number of ether oxygens (including phenoxy) is 1. The minimum absolute atomic E-state index is 0.0956. The lowest BCUT2D eigenvalue weighted by molar-refractivity contribution is -0.384. The molecule has 0 fully saturated rings. The molecule has 0 unspecified atom stereocenters. The van der Waals surface area contributed by atoms with Gasteiger partial charge in [0, 0.05) is 40.9 Å². The molecule has 11 nitrogen and oxygen atoms in total. The van der Waals surface area contributed by atoms with Crippen molar-refractivity contribution in [1.82, 2.24) is 10.7 Å². The van der Waals surface area contributed by atoms with E-state index in [1.54, 1.807) is 30.3 Å². The normalized spacial score (nSPS) is 11.2. The van der Waals surface area contributed by atoms with Crippen molar-refractivity contribution >= 4 is 69.0 Å². The molecule has 0 saturated heterocycles. The van der Waals surface area contributed by atoms with Gasteiger partial charge in [-0.05, 0) is 80.1 Å². The van der Waals surface area contributed by atoms with Gasteiger partial charge in [0.2, 0.25) is 0 Å². The van der Waals surface area contributed by atoms with E-state index in [1.165, 1.54) is 48.7 Å². The van der Waals surface area contributed by atoms with Gasteiger partial charge in [0.05, 0.1) is 27.3 Å². The first-order chi connectivity index (χ1) is 22.6. The average Bonchev–Trinajstić information content (AvgIpc) is 3.07. The third-order valence-electron chi connectivity index (χ3n) is 6.80.